The maximum Gasteiger partial charge on any atom is 0.300 e. The Balaban J connectivity index is 2.16. The Bertz CT molecular complexity index is 687. The van der Waals surface area contributed by atoms with E-state index in [9.17, 15) is 14.9 Å². The predicted octanol–water partition coefficient (Wildman–Crippen LogP) is 3.83. The molecule has 0 aliphatic rings. The minimum absolute atomic E-state index is 0.0681. The SMILES string of the molecule is O=C(NCc1ccc(Cl)cc1)c1cccc(Cl)c1[N+](=O)[O-]. The maximum atomic E-state index is 12.1. The first kappa shape index (κ1) is 15.3. The van der Waals surface area contributed by atoms with E-state index in [-0.39, 0.29) is 17.1 Å². The second-order valence-electron chi connectivity index (χ2n) is 4.20. The highest BCUT2D eigenvalue weighted by molar-refractivity contribution is 6.33. The number of nitrogens with one attached hydrogen (secondary N) is 1. The summed E-state index contributed by atoms with van der Waals surface area (Å²) in [5.74, 6) is -0.556. The van der Waals surface area contributed by atoms with Gasteiger partial charge in [0.2, 0.25) is 0 Å². The summed E-state index contributed by atoms with van der Waals surface area (Å²) in [6.45, 7) is 0.236. The van der Waals surface area contributed by atoms with Crippen LogP contribution in [0.15, 0.2) is 42.5 Å². The zero-order chi connectivity index (χ0) is 15.4. The number of rotatable bonds is 4. The largest absolute Gasteiger partial charge is 0.348 e. The van der Waals surface area contributed by atoms with Crippen molar-refractivity contribution in [3.63, 3.8) is 0 Å². The molecule has 0 spiro atoms. The van der Waals surface area contributed by atoms with Gasteiger partial charge in [0.1, 0.15) is 10.6 Å². The monoisotopic (exact) mass is 324 g/mol. The lowest BCUT2D eigenvalue weighted by molar-refractivity contribution is -0.385. The topological polar surface area (TPSA) is 72.2 Å². The number of nitrogens with zero attached hydrogens (tertiary/aromatic N) is 1. The average Bonchev–Trinajstić information content (AvgIpc) is 2.45. The van der Waals surface area contributed by atoms with Crippen LogP contribution in [0.1, 0.15) is 15.9 Å². The summed E-state index contributed by atoms with van der Waals surface area (Å²) in [5, 5.41) is 14.1. The molecule has 0 aromatic heterocycles. The highest BCUT2D eigenvalue weighted by Gasteiger charge is 2.23. The summed E-state index contributed by atoms with van der Waals surface area (Å²) in [7, 11) is 0. The van der Waals surface area contributed by atoms with Crippen molar-refractivity contribution in [1.29, 1.82) is 0 Å². The number of carbonyl (C=O) groups excluding carboxylic acids is 1. The van der Waals surface area contributed by atoms with Crippen molar-refractivity contribution in [2.75, 3.05) is 0 Å². The van der Waals surface area contributed by atoms with Crippen LogP contribution in [0, 0.1) is 10.1 Å². The van der Waals surface area contributed by atoms with E-state index >= 15 is 0 Å². The zero-order valence-electron chi connectivity index (χ0n) is 10.7. The molecule has 108 valence electrons. The lowest BCUT2D eigenvalue weighted by atomic mass is 10.1. The van der Waals surface area contributed by atoms with Crippen LogP contribution in [0.3, 0.4) is 0 Å². The molecule has 0 bridgehead atoms. The van der Waals surface area contributed by atoms with Crippen molar-refractivity contribution >= 4 is 34.8 Å². The number of amides is 1. The van der Waals surface area contributed by atoms with Gasteiger partial charge in [0.15, 0.2) is 0 Å². The van der Waals surface area contributed by atoms with Crippen LogP contribution in [0.4, 0.5) is 5.69 Å². The fourth-order valence-corrected chi connectivity index (χ4v) is 2.13. The van der Waals surface area contributed by atoms with E-state index in [4.69, 9.17) is 23.2 Å². The lowest BCUT2D eigenvalue weighted by Gasteiger charge is -2.07. The summed E-state index contributed by atoms with van der Waals surface area (Å²) in [6, 6.07) is 11.1. The molecule has 7 heteroatoms. The van der Waals surface area contributed by atoms with E-state index < -0.39 is 16.5 Å². The van der Waals surface area contributed by atoms with E-state index in [0.717, 1.165) is 5.56 Å². The van der Waals surface area contributed by atoms with E-state index in [0.29, 0.717) is 5.02 Å². The molecular formula is C14H10Cl2N2O3. The average molecular weight is 325 g/mol. The molecule has 0 unspecified atom stereocenters. The Morgan fingerprint density at radius 2 is 1.81 bits per heavy atom. The first-order valence-electron chi connectivity index (χ1n) is 5.94. The minimum Gasteiger partial charge on any atom is -0.348 e. The third-order valence-corrected chi connectivity index (χ3v) is 3.34. The fraction of sp³-hybridized carbons (Fsp3) is 0.0714. The van der Waals surface area contributed by atoms with Crippen molar-refractivity contribution in [3.8, 4) is 0 Å². The quantitative estimate of drug-likeness (QED) is 0.686. The smallest absolute Gasteiger partial charge is 0.300 e. The Labute approximate surface area is 130 Å². The van der Waals surface area contributed by atoms with Gasteiger partial charge in [-0.25, -0.2) is 0 Å². The number of carbonyl (C=O) groups is 1. The number of para-hydroxylation sites is 1. The van der Waals surface area contributed by atoms with Gasteiger partial charge in [0.25, 0.3) is 5.91 Å². The van der Waals surface area contributed by atoms with Crippen LogP contribution >= 0.6 is 23.2 Å². The number of benzene rings is 2. The molecule has 0 heterocycles. The van der Waals surface area contributed by atoms with Crippen LogP contribution in [0.25, 0.3) is 0 Å². The summed E-state index contributed by atoms with van der Waals surface area (Å²) in [6.07, 6.45) is 0. The molecule has 2 aromatic carbocycles. The van der Waals surface area contributed by atoms with Gasteiger partial charge in [0.05, 0.1) is 4.92 Å². The summed E-state index contributed by atoms with van der Waals surface area (Å²) in [4.78, 5) is 22.4. The third-order valence-electron chi connectivity index (χ3n) is 2.78. The van der Waals surface area contributed by atoms with Gasteiger partial charge >= 0.3 is 5.69 Å². The number of hydrogen-bond acceptors (Lipinski definition) is 3. The molecule has 1 N–H and O–H groups in total. The van der Waals surface area contributed by atoms with Gasteiger partial charge in [-0.15, -0.1) is 0 Å². The van der Waals surface area contributed by atoms with Crippen molar-refractivity contribution in [2.24, 2.45) is 0 Å². The Hall–Kier alpha value is -2.11. The minimum atomic E-state index is -0.667. The van der Waals surface area contributed by atoms with E-state index in [1.54, 1.807) is 24.3 Å². The lowest BCUT2D eigenvalue weighted by Crippen LogP contribution is -2.23. The standard InChI is InChI=1S/C14H10Cl2N2O3/c15-10-6-4-9(5-7-10)8-17-14(19)11-2-1-3-12(16)13(11)18(20)21/h1-7H,8H2,(H,17,19). The van der Waals surface area contributed by atoms with Crippen LogP contribution in [0.5, 0.6) is 0 Å². The molecule has 0 atom stereocenters. The van der Waals surface area contributed by atoms with Crippen LogP contribution in [-0.2, 0) is 6.54 Å². The molecule has 2 aromatic rings. The second-order valence-corrected chi connectivity index (χ2v) is 5.05. The molecule has 0 saturated carbocycles. The van der Waals surface area contributed by atoms with Crippen molar-refractivity contribution < 1.29 is 9.72 Å². The maximum absolute atomic E-state index is 12.1. The van der Waals surface area contributed by atoms with Crippen molar-refractivity contribution in [1.82, 2.24) is 5.32 Å². The van der Waals surface area contributed by atoms with Crippen LogP contribution in [0.2, 0.25) is 10.0 Å². The molecular weight excluding hydrogens is 315 g/mol. The second kappa shape index (κ2) is 6.56. The molecule has 2 rings (SSSR count). The molecule has 21 heavy (non-hydrogen) atoms. The number of nitro benzene ring substituents is 1. The van der Waals surface area contributed by atoms with Gasteiger partial charge < -0.3 is 5.32 Å². The van der Waals surface area contributed by atoms with Gasteiger partial charge in [-0.05, 0) is 29.8 Å². The Morgan fingerprint density at radius 1 is 1.14 bits per heavy atom. The molecule has 0 aliphatic carbocycles. The Morgan fingerprint density at radius 3 is 2.43 bits per heavy atom. The number of hydrogen-bond donors (Lipinski definition) is 1. The van der Waals surface area contributed by atoms with Gasteiger partial charge in [0, 0.05) is 11.6 Å². The summed E-state index contributed by atoms with van der Waals surface area (Å²) >= 11 is 11.5. The van der Waals surface area contributed by atoms with Gasteiger partial charge in [-0.3, -0.25) is 14.9 Å². The van der Waals surface area contributed by atoms with Crippen LogP contribution < -0.4 is 5.32 Å². The first-order chi connectivity index (χ1) is 9.99. The summed E-state index contributed by atoms with van der Waals surface area (Å²) < 4.78 is 0. The molecule has 0 fully saturated rings. The van der Waals surface area contributed by atoms with Crippen molar-refractivity contribution in [3.05, 3.63) is 73.8 Å². The first-order valence-corrected chi connectivity index (χ1v) is 6.70. The van der Waals surface area contributed by atoms with E-state index in [2.05, 4.69) is 5.32 Å². The van der Waals surface area contributed by atoms with Gasteiger partial charge in [-0.1, -0.05) is 41.4 Å². The number of halogens is 2. The van der Waals surface area contributed by atoms with Crippen LogP contribution in [-0.4, -0.2) is 10.8 Å². The molecule has 5 nitrogen and oxygen atoms in total. The number of nitro groups is 1. The van der Waals surface area contributed by atoms with E-state index in [1.807, 2.05) is 0 Å². The highest BCUT2D eigenvalue weighted by Crippen LogP contribution is 2.28. The molecule has 0 aliphatic heterocycles. The highest BCUT2D eigenvalue weighted by atomic mass is 35.5. The Kier molecular flexibility index (Phi) is 4.77. The molecule has 0 saturated heterocycles. The predicted molar refractivity (Wildman–Crippen MR) is 80.7 cm³/mol. The van der Waals surface area contributed by atoms with E-state index in [1.165, 1.54) is 18.2 Å². The molecule has 0 radical (unpaired) electrons. The molecule has 1 amide bonds. The van der Waals surface area contributed by atoms with Crippen molar-refractivity contribution in [2.45, 2.75) is 6.54 Å². The van der Waals surface area contributed by atoms with Gasteiger partial charge in [-0.2, -0.15) is 0 Å². The summed E-state index contributed by atoms with van der Waals surface area (Å²) in [5.41, 5.74) is 0.367. The fourth-order valence-electron chi connectivity index (χ4n) is 1.76. The normalized spacial score (nSPS) is 10.2. The third kappa shape index (κ3) is 3.71. The zero-order valence-corrected chi connectivity index (χ0v) is 12.2.